The van der Waals surface area contributed by atoms with Gasteiger partial charge in [-0.05, 0) is 32.1 Å². The van der Waals surface area contributed by atoms with Crippen molar-refractivity contribution in [1.82, 2.24) is 4.90 Å². The summed E-state index contributed by atoms with van der Waals surface area (Å²) in [6, 6.07) is 0. The number of aliphatic hydroxyl groups excluding tert-OH is 1. The summed E-state index contributed by atoms with van der Waals surface area (Å²) in [4.78, 5) is 13.7. The fraction of sp³-hybridized carbons (Fsp3) is 0.917. The van der Waals surface area contributed by atoms with Crippen LogP contribution in [-0.2, 0) is 9.53 Å². The van der Waals surface area contributed by atoms with Gasteiger partial charge in [0.25, 0.3) is 0 Å². The Morgan fingerprint density at radius 2 is 2.19 bits per heavy atom. The molecule has 2 heterocycles. The van der Waals surface area contributed by atoms with Crippen molar-refractivity contribution in [2.45, 2.75) is 50.7 Å². The van der Waals surface area contributed by atoms with Gasteiger partial charge >= 0.3 is 0 Å². The van der Waals surface area contributed by atoms with E-state index in [1.807, 2.05) is 0 Å². The average molecular weight is 227 g/mol. The summed E-state index contributed by atoms with van der Waals surface area (Å²) in [5, 5.41) is 9.51. The topological polar surface area (TPSA) is 49.8 Å². The van der Waals surface area contributed by atoms with Gasteiger partial charge in [0.2, 0.25) is 5.91 Å². The highest BCUT2D eigenvalue weighted by Crippen LogP contribution is 2.18. The van der Waals surface area contributed by atoms with Crippen LogP contribution in [0.25, 0.3) is 0 Å². The third kappa shape index (κ3) is 3.19. The van der Waals surface area contributed by atoms with Crippen molar-refractivity contribution >= 4 is 5.91 Å². The highest BCUT2D eigenvalue weighted by atomic mass is 16.5. The lowest BCUT2D eigenvalue weighted by Gasteiger charge is -2.32. The predicted octanol–water partition coefficient (Wildman–Crippen LogP) is 0.929. The largest absolute Gasteiger partial charge is 0.391 e. The fourth-order valence-corrected chi connectivity index (χ4v) is 2.47. The first-order valence-corrected chi connectivity index (χ1v) is 6.33. The summed E-state index contributed by atoms with van der Waals surface area (Å²) in [6.45, 7) is 2.09. The van der Waals surface area contributed by atoms with Crippen molar-refractivity contribution in [3.05, 3.63) is 0 Å². The normalized spacial score (nSPS) is 31.4. The fourth-order valence-electron chi connectivity index (χ4n) is 2.47. The van der Waals surface area contributed by atoms with Gasteiger partial charge in [0.05, 0.1) is 18.6 Å². The quantitative estimate of drug-likeness (QED) is 0.763. The summed E-state index contributed by atoms with van der Waals surface area (Å²) >= 11 is 0. The molecule has 1 N–H and O–H groups in total. The SMILES string of the molecule is O=C(CC1CCCCO1)N1CCCC(O)C1. The van der Waals surface area contributed by atoms with Gasteiger partial charge in [-0.25, -0.2) is 0 Å². The van der Waals surface area contributed by atoms with Crippen molar-refractivity contribution in [2.75, 3.05) is 19.7 Å². The van der Waals surface area contributed by atoms with Gasteiger partial charge in [0.1, 0.15) is 0 Å². The zero-order valence-corrected chi connectivity index (χ0v) is 9.73. The molecule has 0 spiro atoms. The number of piperidine rings is 1. The van der Waals surface area contributed by atoms with Crippen molar-refractivity contribution in [1.29, 1.82) is 0 Å². The maximum Gasteiger partial charge on any atom is 0.225 e. The van der Waals surface area contributed by atoms with Crippen molar-refractivity contribution in [3.8, 4) is 0 Å². The molecule has 2 unspecified atom stereocenters. The van der Waals surface area contributed by atoms with Gasteiger partial charge in [-0.2, -0.15) is 0 Å². The molecule has 0 bridgehead atoms. The van der Waals surface area contributed by atoms with E-state index in [1.165, 1.54) is 6.42 Å². The zero-order valence-electron chi connectivity index (χ0n) is 9.73. The molecular weight excluding hydrogens is 206 g/mol. The van der Waals surface area contributed by atoms with Gasteiger partial charge in [0.15, 0.2) is 0 Å². The number of hydrogen-bond donors (Lipinski definition) is 1. The number of carbonyl (C=O) groups is 1. The van der Waals surface area contributed by atoms with E-state index in [0.717, 1.165) is 38.8 Å². The molecule has 2 aliphatic rings. The number of likely N-dealkylation sites (tertiary alicyclic amines) is 1. The summed E-state index contributed by atoms with van der Waals surface area (Å²) < 4.78 is 5.56. The molecular formula is C12H21NO3. The van der Waals surface area contributed by atoms with Gasteiger partial charge < -0.3 is 14.7 Å². The molecule has 2 saturated heterocycles. The molecule has 16 heavy (non-hydrogen) atoms. The Hall–Kier alpha value is -0.610. The highest BCUT2D eigenvalue weighted by Gasteiger charge is 2.25. The Balaban J connectivity index is 1.77. The summed E-state index contributed by atoms with van der Waals surface area (Å²) in [6.07, 6.45) is 5.30. The standard InChI is InChI=1S/C12H21NO3/c14-10-4-3-6-13(9-10)12(15)8-11-5-1-2-7-16-11/h10-11,14H,1-9H2. The Morgan fingerprint density at radius 1 is 1.31 bits per heavy atom. The highest BCUT2D eigenvalue weighted by molar-refractivity contribution is 5.76. The van der Waals surface area contributed by atoms with E-state index in [1.54, 1.807) is 4.90 Å². The lowest BCUT2D eigenvalue weighted by Crippen LogP contribution is -2.43. The van der Waals surface area contributed by atoms with Crippen LogP contribution in [0, 0.1) is 0 Å². The number of hydrogen-bond acceptors (Lipinski definition) is 3. The smallest absolute Gasteiger partial charge is 0.225 e. The van der Waals surface area contributed by atoms with E-state index in [9.17, 15) is 9.90 Å². The van der Waals surface area contributed by atoms with E-state index < -0.39 is 0 Å². The van der Waals surface area contributed by atoms with Crippen LogP contribution in [0.4, 0.5) is 0 Å². The first kappa shape index (κ1) is 11.9. The molecule has 0 aromatic rings. The summed E-state index contributed by atoms with van der Waals surface area (Å²) in [5.74, 6) is 0.144. The van der Waals surface area contributed by atoms with Crippen LogP contribution < -0.4 is 0 Å². The van der Waals surface area contributed by atoms with E-state index in [2.05, 4.69) is 0 Å². The molecule has 92 valence electrons. The second kappa shape index (κ2) is 5.64. The second-order valence-electron chi connectivity index (χ2n) is 4.83. The number of carbonyl (C=O) groups excluding carboxylic acids is 1. The molecule has 0 aliphatic carbocycles. The molecule has 0 aromatic carbocycles. The minimum Gasteiger partial charge on any atom is -0.391 e. The van der Waals surface area contributed by atoms with Crippen molar-refractivity contribution in [3.63, 3.8) is 0 Å². The molecule has 4 heteroatoms. The van der Waals surface area contributed by atoms with E-state index in [-0.39, 0.29) is 18.1 Å². The number of aliphatic hydroxyl groups is 1. The Morgan fingerprint density at radius 3 is 2.88 bits per heavy atom. The molecule has 4 nitrogen and oxygen atoms in total. The van der Waals surface area contributed by atoms with Crippen LogP contribution in [-0.4, -0.2) is 47.8 Å². The molecule has 2 aliphatic heterocycles. The lowest BCUT2D eigenvalue weighted by molar-refractivity contribution is -0.138. The molecule has 0 aromatic heterocycles. The maximum atomic E-state index is 11.9. The van der Waals surface area contributed by atoms with Crippen LogP contribution in [0.2, 0.25) is 0 Å². The van der Waals surface area contributed by atoms with Crippen molar-refractivity contribution < 1.29 is 14.6 Å². The molecule has 2 rings (SSSR count). The van der Waals surface area contributed by atoms with Crippen LogP contribution >= 0.6 is 0 Å². The van der Waals surface area contributed by atoms with Crippen molar-refractivity contribution in [2.24, 2.45) is 0 Å². The van der Waals surface area contributed by atoms with Gasteiger partial charge in [0, 0.05) is 19.7 Å². The van der Waals surface area contributed by atoms with Crippen LogP contribution in [0.5, 0.6) is 0 Å². The van der Waals surface area contributed by atoms with Gasteiger partial charge in [-0.1, -0.05) is 0 Å². The first-order chi connectivity index (χ1) is 7.75. The van der Waals surface area contributed by atoms with E-state index in [0.29, 0.717) is 13.0 Å². The van der Waals surface area contributed by atoms with Gasteiger partial charge in [-0.3, -0.25) is 4.79 Å². The van der Waals surface area contributed by atoms with Crippen LogP contribution in [0.3, 0.4) is 0 Å². The number of ether oxygens (including phenoxy) is 1. The number of amides is 1. The Kier molecular flexibility index (Phi) is 4.18. The minimum absolute atomic E-state index is 0.111. The zero-order chi connectivity index (χ0) is 11.4. The number of nitrogens with zero attached hydrogens (tertiary/aromatic N) is 1. The third-order valence-corrected chi connectivity index (χ3v) is 3.43. The Bertz CT molecular complexity index is 238. The summed E-state index contributed by atoms with van der Waals surface area (Å²) in [5.41, 5.74) is 0. The summed E-state index contributed by atoms with van der Waals surface area (Å²) in [7, 11) is 0. The molecule has 1 amide bonds. The average Bonchev–Trinajstić information content (AvgIpc) is 2.30. The van der Waals surface area contributed by atoms with Crippen LogP contribution in [0.1, 0.15) is 38.5 Å². The number of β-amino-alcohol motifs (C(OH)–C–C–N with tert-alkyl or cyclic N) is 1. The van der Waals surface area contributed by atoms with E-state index >= 15 is 0 Å². The number of rotatable bonds is 2. The molecule has 0 saturated carbocycles. The molecule has 2 atom stereocenters. The van der Waals surface area contributed by atoms with Gasteiger partial charge in [-0.15, -0.1) is 0 Å². The predicted molar refractivity (Wildman–Crippen MR) is 60.0 cm³/mol. The third-order valence-electron chi connectivity index (χ3n) is 3.43. The second-order valence-corrected chi connectivity index (χ2v) is 4.83. The van der Waals surface area contributed by atoms with Crippen LogP contribution in [0.15, 0.2) is 0 Å². The lowest BCUT2D eigenvalue weighted by atomic mass is 10.0. The Labute approximate surface area is 96.6 Å². The minimum atomic E-state index is -0.329. The van der Waals surface area contributed by atoms with E-state index in [4.69, 9.17) is 4.74 Å². The first-order valence-electron chi connectivity index (χ1n) is 6.33. The monoisotopic (exact) mass is 227 g/mol. The molecule has 0 radical (unpaired) electrons. The molecule has 2 fully saturated rings. The maximum absolute atomic E-state index is 11.9.